The number of aromatic carboxylic acids is 1. The van der Waals surface area contributed by atoms with E-state index in [-0.39, 0.29) is 5.56 Å². The summed E-state index contributed by atoms with van der Waals surface area (Å²) in [4.78, 5) is 21.6. The van der Waals surface area contributed by atoms with E-state index in [2.05, 4.69) is 20.0 Å². The minimum atomic E-state index is -0.998. The van der Waals surface area contributed by atoms with Crippen molar-refractivity contribution in [3.05, 3.63) is 17.5 Å². The maximum Gasteiger partial charge on any atom is 0.339 e. The Kier molecular flexibility index (Phi) is 2.81. The molecule has 0 aromatic carbocycles. The minimum absolute atomic E-state index is 0.155. The Balaban J connectivity index is 2.05. The molecule has 19 heavy (non-hydrogen) atoms. The number of nitrogens with zero attached hydrogens (tertiary/aromatic N) is 5. The summed E-state index contributed by atoms with van der Waals surface area (Å²) < 4.78 is 1.51. The van der Waals surface area contributed by atoms with Crippen LogP contribution in [0.4, 0.5) is 5.95 Å². The summed E-state index contributed by atoms with van der Waals surface area (Å²) in [5.74, 6) is 0.0860. The highest BCUT2D eigenvalue weighted by Crippen LogP contribution is 2.17. The van der Waals surface area contributed by atoms with Gasteiger partial charge in [0.25, 0.3) is 5.78 Å². The largest absolute Gasteiger partial charge is 0.478 e. The fourth-order valence-corrected chi connectivity index (χ4v) is 2.37. The molecule has 3 rings (SSSR count). The van der Waals surface area contributed by atoms with Gasteiger partial charge >= 0.3 is 5.97 Å². The molecule has 100 valence electrons. The Morgan fingerprint density at radius 1 is 1.32 bits per heavy atom. The second-order valence-corrected chi connectivity index (χ2v) is 4.73. The number of piperidine rings is 1. The molecule has 1 N–H and O–H groups in total. The SMILES string of the molecule is Cc1c(C(=O)O)cnc2nc(N3CCCCC3)nn12. The predicted molar refractivity (Wildman–Crippen MR) is 68.5 cm³/mol. The third kappa shape index (κ3) is 2.00. The van der Waals surface area contributed by atoms with Gasteiger partial charge in [-0.2, -0.15) is 9.50 Å². The van der Waals surface area contributed by atoms with Crippen molar-refractivity contribution in [2.75, 3.05) is 18.0 Å². The van der Waals surface area contributed by atoms with E-state index in [0.29, 0.717) is 17.4 Å². The average Bonchev–Trinajstić information content (AvgIpc) is 2.85. The van der Waals surface area contributed by atoms with Crippen molar-refractivity contribution in [1.29, 1.82) is 0 Å². The van der Waals surface area contributed by atoms with Crippen LogP contribution in [0.5, 0.6) is 0 Å². The number of hydrogen-bond donors (Lipinski definition) is 1. The van der Waals surface area contributed by atoms with Gasteiger partial charge in [-0.05, 0) is 26.2 Å². The molecule has 0 amide bonds. The van der Waals surface area contributed by atoms with E-state index in [0.717, 1.165) is 25.9 Å². The number of anilines is 1. The lowest BCUT2D eigenvalue weighted by molar-refractivity contribution is 0.0695. The molecule has 0 aliphatic carbocycles. The van der Waals surface area contributed by atoms with Crippen LogP contribution in [0.1, 0.15) is 35.3 Å². The highest BCUT2D eigenvalue weighted by atomic mass is 16.4. The fourth-order valence-electron chi connectivity index (χ4n) is 2.37. The molecule has 0 bridgehead atoms. The number of rotatable bonds is 2. The van der Waals surface area contributed by atoms with Crippen LogP contribution >= 0.6 is 0 Å². The third-order valence-corrected chi connectivity index (χ3v) is 3.46. The summed E-state index contributed by atoms with van der Waals surface area (Å²) in [5, 5.41) is 13.5. The van der Waals surface area contributed by atoms with E-state index < -0.39 is 5.97 Å². The van der Waals surface area contributed by atoms with Crippen LogP contribution in [0.15, 0.2) is 6.20 Å². The summed E-state index contributed by atoms with van der Waals surface area (Å²) in [6.45, 7) is 3.61. The summed E-state index contributed by atoms with van der Waals surface area (Å²) in [5.41, 5.74) is 0.704. The van der Waals surface area contributed by atoms with Crippen LogP contribution in [0.2, 0.25) is 0 Å². The summed E-state index contributed by atoms with van der Waals surface area (Å²) in [7, 11) is 0. The maximum atomic E-state index is 11.1. The first-order valence-electron chi connectivity index (χ1n) is 6.37. The molecular weight excluding hydrogens is 246 g/mol. The Hall–Kier alpha value is -2.18. The monoisotopic (exact) mass is 261 g/mol. The lowest BCUT2D eigenvalue weighted by atomic mass is 10.1. The van der Waals surface area contributed by atoms with E-state index in [1.54, 1.807) is 6.92 Å². The normalized spacial score (nSPS) is 15.9. The number of carboxylic acid groups (broad SMARTS) is 1. The van der Waals surface area contributed by atoms with Crippen LogP contribution in [-0.4, -0.2) is 43.7 Å². The van der Waals surface area contributed by atoms with E-state index in [1.165, 1.54) is 17.1 Å². The lowest BCUT2D eigenvalue weighted by Crippen LogP contribution is -2.30. The molecule has 7 heteroatoms. The predicted octanol–water partition coefficient (Wildman–Crippen LogP) is 1.12. The molecule has 0 saturated carbocycles. The smallest absolute Gasteiger partial charge is 0.339 e. The van der Waals surface area contributed by atoms with Gasteiger partial charge in [-0.25, -0.2) is 9.78 Å². The zero-order chi connectivity index (χ0) is 13.4. The van der Waals surface area contributed by atoms with Crippen molar-refractivity contribution in [2.24, 2.45) is 0 Å². The number of fused-ring (bicyclic) bond motifs is 1. The molecule has 2 aromatic heterocycles. The first-order chi connectivity index (χ1) is 9.16. The zero-order valence-electron chi connectivity index (χ0n) is 10.7. The van der Waals surface area contributed by atoms with Gasteiger partial charge in [-0.3, -0.25) is 0 Å². The maximum absolute atomic E-state index is 11.1. The van der Waals surface area contributed by atoms with Crippen LogP contribution in [0.3, 0.4) is 0 Å². The number of carboxylic acids is 1. The van der Waals surface area contributed by atoms with Gasteiger partial charge in [0.2, 0.25) is 5.95 Å². The lowest BCUT2D eigenvalue weighted by Gasteiger charge is -2.24. The number of aromatic nitrogens is 4. The molecule has 2 aromatic rings. The molecule has 0 radical (unpaired) electrons. The first-order valence-corrected chi connectivity index (χ1v) is 6.37. The first kappa shape index (κ1) is 11.9. The molecule has 1 fully saturated rings. The van der Waals surface area contributed by atoms with E-state index in [4.69, 9.17) is 5.11 Å². The van der Waals surface area contributed by atoms with Crippen LogP contribution in [-0.2, 0) is 0 Å². The topological polar surface area (TPSA) is 83.6 Å². The standard InChI is InChI=1S/C12H15N5O2/c1-8-9(10(18)19)7-13-11-14-12(15-17(8)11)16-5-3-2-4-6-16/h7H,2-6H2,1H3,(H,18,19). The van der Waals surface area contributed by atoms with Gasteiger partial charge in [-0.15, -0.1) is 5.10 Å². The molecule has 1 saturated heterocycles. The van der Waals surface area contributed by atoms with Gasteiger partial charge in [-0.1, -0.05) is 0 Å². The number of carbonyl (C=O) groups is 1. The van der Waals surface area contributed by atoms with Crippen LogP contribution in [0, 0.1) is 6.92 Å². The van der Waals surface area contributed by atoms with Gasteiger partial charge in [0, 0.05) is 19.3 Å². The third-order valence-electron chi connectivity index (χ3n) is 3.46. The second-order valence-electron chi connectivity index (χ2n) is 4.73. The Morgan fingerprint density at radius 3 is 2.74 bits per heavy atom. The highest BCUT2D eigenvalue weighted by Gasteiger charge is 2.18. The summed E-state index contributed by atoms with van der Waals surface area (Å²) in [6, 6.07) is 0. The molecule has 0 unspecified atom stereocenters. The van der Waals surface area contributed by atoms with E-state index >= 15 is 0 Å². The number of aryl methyl sites for hydroxylation is 1. The van der Waals surface area contributed by atoms with Crippen LogP contribution < -0.4 is 4.90 Å². The van der Waals surface area contributed by atoms with Crippen molar-refractivity contribution >= 4 is 17.7 Å². The quantitative estimate of drug-likeness (QED) is 0.872. The van der Waals surface area contributed by atoms with Gasteiger partial charge < -0.3 is 10.0 Å². The molecule has 1 aliphatic rings. The molecule has 0 spiro atoms. The molecule has 3 heterocycles. The van der Waals surface area contributed by atoms with Crippen molar-refractivity contribution in [3.63, 3.8) is 0 Å². The van der Waals surface area contributed by atoms with Gasteiger partial charge in [0.05, 0.1) is 11.3 Å². The van der Waals surface area contributed by atoms with Gasteiger partial charge in [0.15, 0.2) is 0 Å². The van der Waals surface area contributed by atoms with Crippen molar-refractivity contribution in [2.45, 2.75) is 26.2 Å². The zero-order valence-corrected chi connectivity index (χ0v) is 10.7. The minimum Gasteiger partial charge on any atom is -0.478 e. The molecule has 1 aliphatic heterocycles. The number of hydrogen-bond acceptors (Lipinski definition) is 5. The summed E-state index contributed by atoms with van der Waals surface area (Å²) in [6.07, 6.45) is 4.86. The van der Waals surface area contributed by atoms with E-state index in [9.17, 15) is 4.79 Å². The highest BCUT2D eigenvalue weighted by molar-refractivity contribution is 5.88. The average molecular weight is 261 g/mol. The van der Waals surface area contributed by atoms with Crippen molar-refractivity contribution in [1.82, 2.24) is 19.6 Å². The Bertz CT molecular complexity index is 630. The van der Waals surface area contributed by atoms with Crippen molar-refractivity contribution in [3.8, 4) is 0 Å². The van der Waals surface area contributed by atoms with E-state index in [1.807, 2.05) is 0 Å². The Morgan fingerprint density at radius 2 is 2.05 bits per heavy atom. The van der Waals surface area contributed by atoms with Crippen LogP contribution in [0.25, 0.3) is 5.78 Å². The van der Waals surface area contributed by atoms with Gasteiger partial charge in [0.1, 0.15) is 0 Å². The summed E-state index contributed by atoms with van der Waals surface area (Å²) >= 11 is 0. The Labute approximate surface area is 109 Å². The second kappa shape index (κ2) is 4.49. The molecular formula is C12H15N5O2. The molecule has 7 nitrogen and oxygen atoms in total. The van der Waals surface area contributed by atoms with Crippen molar-refractivity contribution < 1.29 is 9.90 Å². The molecule has 0 atom stereocenters. The fraction of sp³-hybridized carbons (Fsp3) is 0.500.